The van der Waals surface area contributed by atoms with Gasteiger partial charge in [0.2, 0.25) is 11.8 Å². The Labute approximate surface area is 164 Å². The van der Waals surface area contributed by atoms with Crippen LogP contribution in [0.2, 0.25) is 0 Å². The third-order valence-corrected chi connectivity index (χ3v) is 4.15. The highest BCUT2D eigenvalue weighted by Gasteiger charge is 2.15. The van der Waals surface area contributed by atoms with Gasteiger partial charge in [-0.2, -0.15) is 0 Å². The number of hydrogen-bond donors (Lipinski definition) is 2. The highest BCUT2D eigenvalue weighted by Crippen LogP contribution is 2.29. The zero-order valence-electron chi connectivity index (χ0n) is 16.3. The first-order valence-corrected chi connectivity index (χ1v) is 8.94. The van der Waals surface area contributed by atoms with Crippen LogP contribution >= 0.6 is 0 Å². The number of amides is 2. The van der Waals surface area contributed by atoms with Gasteiger partial charge < -0.3 is 20.1 Å². The van der Waals surface area contributed by atoms with Crippen LogP contribution in [0.3, 0.4) is 0 Å². The fourth-order valence-electron chi connectivity index (χ4n) is 2.68. The van der Waals surface area contributed by atoms with E-state index in [9.17, 15) is 14.0 Å². The Balaban J connectivity index is 1.80. The van der Waals surface area contributed by atoms with Gasteiger partial charge in [0.15, 0.2) is 0 Å². The average molecular weight is 388 g/mol. The van der Waals surface area contributed by atoms with Crippen LogP contribution in [-0.2, 0) is 16.1 Å². The summed E-state index contributed by atoms with van der Waals surface area (Å²) in [6.07, 6.45) is 0.410. The lowest BCUT2D eigenvalue weighted by molar-refractivity contribution is -0.122. The maximum Gasteiger partial charge on any atom is 0.224 e. The molecule has 2 aromatic carbocycles. The smallest absolute Gasteiger partial charge is 0.224 e. The van der Waals surface area contributed by atoms with E-state index in [-0.39, 0.29) is 36.4 Å². The minimum Gasteiger partial charge on any atom is -0.497 e. The summed E-state index contributed by atoms with van der Waals surface area (Å²) >= 11 is 0. The number of anilines is 1. The summed E-state index contributed by atoms with van der Waals surface area (Å²) in [5.74, 6) is 0.299. The first-order valence-electron chi connectivity index (χ1n) is 8.94. The van der Waals surface area contributed by atoms with Crippen LogP contribution in [0.1, 0.15) is 25.3 Å². The molecule has 7 heteroatoms. The second-order valence-corrected chi connectivity index (χ2v) is 6.53. The second-order valence-electron chi connectivity index (χ2n) is 6.53. The number of ether oxygens (including phenoxy) is 2. The molecule has 1 atom stereocenters. The number of benzene rings is 2. The second kappa shape index (κ2) is 10.3. The van der Waals surface area contributed by atoms with Crippen molar-refractivity contribution < 1.29 is 23.5 Å². The molecule has 0 radical (unpaired) electrons. The Morgan fingerprint density at radius 1 is 1.00 bits per heavy atom. The lowest BCUT2D eigenvalue weighted by atomic mass is 10.0. The molecule has 2 amide bonds. The molecular formula is C21H25FN2O4. The van der Waals surface area contributed by atoms with Crippen LogP contribution in [0, 0.1) is 11.7 Å². The largest absolute Gasteiger partial charge is 0.497 e. The maximum absolute atomic E-state index is 12.9. The summed E-state index contributed by atoms with van der Waals surface area (Å²) in [5, 5.41) is 5.57. The van der Waals surface area contributed by atoms with Gasteiger partial charge in [-0.05, 0) is 35.7 Å². The molecular weight excluding hydrogens is 363 g/mol. The lowest BCUT2D eigenvalue weighted by Crippen LogP contribution is -2.26. The third kappa shape index (κ3) is 6.57. The molecule has 0 aliphatic carbocycles. The number of carbonyl (C=O) groups excluding carboxylic acids is 2. The van der Waals surface area contributed by atoms with E-state index in [1.807, 2.05) is 6.92 Å². The van der Waals surface area contributed by atoms with Gasteiger partial charge in [-0.25, -0.2) is 4.39 Å². The zero-order valence-corrected chi connectivity index (χ0v) is 16.3. The van der Waals surface area contributed by atoms with Gasteiger partial charge in [-0.3, -0.25) is 9.59 Å². The third-order valence-electron chi connectivity index (χ3n) is 4.15. The first-order chi connectivity index (χ1) is 13.4. The number of carbonyl (C=O) groups is 2. The molecule has 0 saturated carbocycles. The maximum atomic E-state index is 12.9. The standard InChI is InChI=1S/C21H25FN2O4/c1-14(10-20(25)23-13-15-4-6-16(22)7-5-15)11-21(26)24-18-9-8-17(27-2)12-19(18)28-3/h4-9,12,14H,10-11,13H2,1-3H3,(H,23,25)(H,24,26)/t14-/m0/s1. The van der Waals surface area contributed by atoms with Gasteiger partial charge >= 0.3 is 0 Å². The molecule has 2 rings (SSSR count). The van der Waals surface area contributed by atoms with Crippen molar-refractivity contribution in [1.82, 2.24) is 5.32 Å². The highest BCUT2D eigenvalue weighted by molar-refractivity contribution is 5.92. The Morgan fingerprint density at radius 2 is 1.68 bits per heavy atom. The van der Waals surface area contributed by atoms with E-state index < -0.39 is 0 Å². The van der Waals surface area contributed by atoms with Crippen molar-refractivity contribution in [2.45, 2.75) is 26.3 Å². The molecule has 0 spiro atoms. The van der Waals surface area contributed by atoms with Gasteiger partial charge in [0.25, 0.3) is 0 Å². The van der Waals surface area contributed by atoms with Crippen molar-refractivity contribution in [2.75, 3.05) is 19.5 Å². The fourth-order valence-corrected chi connectivity index (χ4v) is 2.68. The molecule has 0 aliphatic heterocycles. The van der Waals surface area contributed by atoms with Crippen LogP contribution in [0.4, 0.5) is 10.1 Å². The summed E-state index contributed by atoms with van der Waals surface area (Å²) in [5.41, 5.74) is 1.35. The minimum absolute atomic E-state index is 0.141. The molecule has 0 saturated heterocycles. The Kier molecular flexibility index (Phi) is 7.80. The van der Waals surface area contributed by atoms with Crippen LogP contribution in [0.15, 0.2) is 42.5 Å². The number of rotatable bonds is 9. The molecule has 2 aromatic rings. The molecule has 0 bridgehead atoms. The molecule has 150 valence electrons. The van der Waals surface area contributed by atoms with Gasteiger partial charge in [-0.1, -0.05) is 19.1 Å². The van der Waals surface area contributed by atoms with E-state index in [1.54, 1.807) is 37.4 Å². The number of halogens is 1. The first kappa shape index (κ1) is 21.2. The Bertz CT molecular complexity index is 809. The van der Waals surface area contributed by atoms with E-state index in [1.165, 1.54) is 19.2 Å². The number of nitrogens with one attached hydrogen (secondary N) is 2. The fraction of sp³-hybridized carbons (Fsp3) is 0.333. The van der Waals surface area contributed by atoms with Gasteiger partial charge in [-0.15, -0.1) is 0 Å². The topological polar surface area (TPSA) is 76.7 Å². The number of methoxy groups -OCH3 is 2. The van der Waals surface area contributed by atoms with Crippen molar-refractivity contribution in [1.29, 1.82) is 0 Å². The Morgan fingerprint density at radius 3 is 2.32 bits per heavy atom. The van der Waals surface area contributed by atoms with Crippen LogP contribution in [0.5, 0.6) is 11.5 Å². The Hall–Kier alpha value is -3.09. The molecule has 28 heavy (non-hydrogen) atoms. The van der Waals surface area contributed by atoms with Crippen LogP contribution < -0.4 is 20.1 Å². The van der Waals surface area contributed by atoms with E-state index in [2.05, 4.69) is 10.6 Å². The summed E-state index contributed by atoms with van der Waals surface area (Å²) in [6.45, 7) is 2.16. The van der Waals surface area contributed by atoms with Crippen LogP contribution in [0.25, 0.3) is 0 Å². The summed E-state index contributed by atoms with van der Waals surface area (Å²) in [6, 6.07) is 11.1. The van der Waals surface area contributed by atoms with Crippen LogP contribution in [-0.4, -0.2) is 26.0 Å². The quantitative estimate of drug-likeness (QED) is 0.689. The monoisotopic (exact) mass is 388 g/mol. The summed E-state index contributed by atoms with van der Waals surface area (Å²) in [7, 11) is 3.06. The molecule has 0 fully saturated rings. The van der Waals surface area contributed by atoms with Gasteiger partial charge in [0, 0.05) is 25.5 Å². The SMILES string of the molecule is COc1ccc(NC(=O)C[C@@H](C)CC(=O)NCc2ccc(F)cc2)c(OC)c1. The van der Waals surface area contributed by atoms with Crippen molar-refractivity contribution in [3.8, 4) is 11.5 Å². The molecule has 6 nitrogen and oxygen atoms in total. The van der Waals surface area contributed by atoms with Crippen molar-refractivity contribution >= 4 is 17.5 Å². The van der Waals surface area contributed by atoms with Crippen molar-refractivity contribution in [3.63, 3.8) is 0 Å². The number of hydrogen-bond acceptors (Lipinski definition) is 4. The predicted molar refractivity (Wildman–Crippen MR) is 105 cm³/mol. The van der Waals surface area contributed by atoms with Crippen molar-refractivity contribution in [2.24, 2.45) is 5.92 Å². The van der Waals surface area contributed by atoms with E-state index >= 15 is 0 Å². The van der Waals surface area contributed by atoms with Gasteiger partial charge in [0.1, 0.15) is 17.3 Å². The zero-order chi connectivity index (χ0) is 20.5. The minimum atomic E-state index is -0.316. The van der Waals surface area contributed by atoms with Gasteiger partial charge in [0.05, 0.1) is 19.9 Å². The summed E-state index contributed by atoms with van der Waals surface area (Å²) < 4.78 is 23.3. The molecule has 2 N–H and O–H groups in total. The molecule has 0 unspecified atom stereocenters. The average Bonchev–Trinajstić information content (AvgIpc) is 2.67. The predicted octanol–water partition coefficient (Wildman–Crippen LogP) is 3.51. The summed E-state index contributed by atoms with van der Waals surface area (Å²) in [4.78, 5) is 24.3. The van der Waals surface area contributed by atoms with E-state index in [4.69, 9.17) is 9.47 Å². The molecule has 0 heterocycles. The van der Waals surface area contributed by atoms with Crippen molar-refractivity contribution in [3.05, 3.63) is 53.8 Å². The highest BCUT2D eigenvalue weighted by atomic mass is 19.1. The van der Waals surface area contributed by atoms with E-state index in [0.29, 0.717) is 23.7 Å². The molecule has 0 aliphatic rings. The van der Waals surface area contributed by atoms with E-state index in [0.717, 1.165) is 5.56 Å². The molecule has 0 aromatic heterocycles. The normalized spacial score (nSPS) is 11.4. The lowest BCUT2D eigenvalue weighted by Gasteiger charge is -2.14.